The number of halogens is 1. The van der Waals surface area contributed by atoms with E-state index in [1.807, 2.05) is 4.90 Å². The third kappa shape index (κ3) is 2.51. The Morgan fingerprint density at radius 1 is 1.67 bits per heavy atom. The molecule has 0 aliphatic carbocycles. The summed E-state index contributed by atoms with van der Waals surface area (Å²) in [6, 6.07) is 3.94. The summed E-state index contributed by atoms with van der Waals surface area (Å²) in [5, 5.41) is 3.31. The Balaban J connectivity index is 2.07. The molecule has 0 saturated carbocycles. The first-order chi connectivity index (χ1) is 7.16. The van der Waals surface area contributed by atoms with Crippen LogP contribution in [-0.4, -0.2) is 36.5 Å². The molecule has 1 atom stereocenters. The number of carbonyl (C=O) groups excluding carboxylic acids is 1. The largest absolute Gasteiger partial charge is 0.335 e. The summed E-state index contributed by atoms with van der Waals surface area (Å²) >= 11 is 7.15. The molecule has 1 amide bonds. The zero-order valence-electron chi connectivity index (χ0n) is 8.50. The molecule has 0 spiro atoms. The van der Waals surface area contributed by atoms with Crippen molar-refractivity contribution in [1.82, 2.24) is 10.2 Å². The molecule has 1 N–H and O–H groups in total. The van der Waals surface area contributed by atoms with Gasteiger partial charge in [-0.2, -0.15) is 0 Å². The molecule has 1 aromatic rings. The number of hydrogen-bond acceptors (Lipinski definition) is 3. The molecule has 2 rings (SSSR count). The van der Waals surface area contributed by atoms with Gasteiger partial charge in [0.25, 0.3) is 5.91 Å². The quantitative estimate of drug-likeness (QED) is 0.818. The van der Waals surface area contributed by atoms with Crippen LogP contribution in [0.25, 0.3) is 0 Å². The Morgan fingerprint density at radius 3 is 3.07 bits per heavy atom. The standard InChI is InChI=1S/C10H13ClN2OS/c1-7-6-13(5-4-12-7)10(14)8-2-3-9(11)15-8/h2-3,7,12H,4-6H2,1H3/t7-/m0/s1. The van der Waals surface area contributed by atoms with Crippen molar-refractivity contribution in [3.63, 3.8) is 0 Å². The van der Waals surface area contributed by atoms with Gasteiger partial charge in [0.2, 0.25) is 0 Å². The molecule has 1 saturated heterocycles. The van der Waals surface area contributed by atoms with Crippen molar-refractivity contribution in [2.45, 2.75) is 13.0 Å². The number of hydrogen-bond donors (Lipinski definition) is 1. The Kier molecular flexibility index (Phi) is 3.29. The van der Waals surface area contributed by atoms with E-state index in [1.54, 1.807) is 12.1 Å². The van der Waals surface area contributed by atoms with Crippen molar-refractivity contribution >= 4 is 28.8 Å². The van der Waals surface area contributed by atoms with E-state index in [4.69, 9.17) is 11.6 Å². The third-order valence-electron chi connectivity index (χ3n) is 2.44. The fraction of sp³-hybridized carbons (Fsp3) is 0.500. The zero-order chi connectivity index (χ0) is 10.8. The predicted octanol–water partition coefficient (Wildman–Crippen LogP) is 1.84. The maximum Gasteiger partial charge on any atom is 0.264 e. The van der Waals surface area contributed by atoms with E-state index in [0.29, 0.717) is 10.4 Å². The van der Waals surface area contributed by atoms with E-state index in [0.717, 1.165) is 24.5 Å². The van der Waals surface area contributed by atoms with Crippen LogP contribution in [0.2, 0.25) is 4.34 Å². The second-order valence-corrected chi connectivity index (χ2v) is 5.43. The van der Waals surface area contributed by atoms with Crippen LogP contribution in [0, 0.1) is 0 Å². The van der Waals surface area contributed by atoms with Crippen molar-refractivity contribution in [1.29, 1.82) is 0 Å². The van der Waals surface area contributed by atoms with Gasteiger partial charge in [0.05, 0.1) is 9.21 Å². The highest BCUT2D eigenvalue weighted by Gasteiger charge is 2.22. The monoisotopic (exact) mass is 244 g/mol. The molecule has 0 aromatic carbocycles. The Labute approximate surface area is 98.0 Å². The molecule has 0 bridgehead atoms. The fourth-order valence-corrected chi connectivity index (χ4v) is 2.71. The molecule has 0 radical (unpaired) electrons. The van der Waals surface area contributed by atoms with Crippen molar-refractivity contribution < 1.29 is 4.79 Å². The summed E-state index contributed by atoms with van der Waals surface area (Å²) in [6.07, 6.45) is 0. The van der Waals surface area contributed by atoms with Crippen molar-refractivity contribution in [3.8, 4) is 0 Å². The predicted molar refractivity (Wildman–Crippen MR) is 62.7 cm³/mol. The van der Waals surface area contributed by atoms with Gasteiger partial charge < -0.3 is 10.2 Å². The molecule has 0 unspecified atom stereocenters. The minimum atomic E-state index is 0.0975. The minimum absolute atomic E-state index is 0.0975. The van der Waals surface area contributed by atoms with Crippen molar-refractivity contribution in [3.05, 3.63) is 21.3 Å². The molecule has 3 nitrogen and oxygen atoms in total. The summed E-state index contributed by atoms with van der Waals surface area (Å²) in [5.74, 6) is 0.0975. The second-order valence-electron chi connectivity index (χ2n) is 3.71. The summed E-state index contributed by atoms with van der Waals surface area (Å²) in [7, 11) is 0. The fourth-order valence-electron chi connectivity index (χ4n) is 1.70. The number of nitrogens with one attached hydrogen (secondary N) is 1. The smallest absolute Gasteiger partial charge is 0.264 e. The molecule has 15 heavy (non-hydrogen) atoms. The first-order valence-electron chi connectivity index (χ1n) is 4.95. The molecular formula is C10H13ClN2OS. The van der Waals surface area contributed by atoms with Gasteiger partial charge in [0.15, 0.2) is 0 Å². The SMILES string of the molecule is C[C@H]1CN(C(=O)c2ccc(Cl)s2)CCN1. The maximum absolute atomic E-state index is 12.0. The molecule has 1 fully saturated rings. The highest BCUT2D eigenvalue weighted by atomic mass is 35.5. The number of nitrogens with zero attached hydrogens (tertiary/aromatic N) is 1. The Morgan fingerprint density at radius 2 is 2.47 bits per heavy atom. The van der Waals surface area contributed by atoms with Gasteiger partial charge in [-0.05, 0) is 19.1 Å². The number of rotatable bonds is 1. The Bertz CT molecular complexity index is 366. The zero-order valence-corrected chi connectivity index (χ0v) is 10.1. The number of amides is 1. The van der Waals surface area contributed by atoms with Gasteiger partial charge in [-0.3, -0.25) is 4.79 Å². The van der Waals surface area contributed by atoms with E-state index in [1.165, 1.54) is 11.3 Å². The minimum Gasteiger partial charge on any atom is -0.335 e. The molecule has 82 valence electrons. The molecule has 1 aromatic heterocycles. The average molecular weight is 245 g/mol. The highest BCUT2D eigenvalue weighted by Crippen LogP contribution is 2.23. The first kappa shape index (κ1) is 10.9. The maximum atomic E-state index is 12.0. The number of thiophene rings is 1. The van der Waals surface area contributed by atoms with Crippen molar-refractivity contribution in [2.24, 2.45) is 0 Å². The third-order valence-corrected chi connectivity index (χ3v) is 3.66. The lowest BCUT2D eigenvalue weighted by Crippen LogP contribution is -2.51. The van der Waals surface area contributed by atoms with Gasteiger partial charge in [0, 0.05) is 25.7 Å². The normalized spacial score (nSPS) is 21.7. The van der Waals surface area contributed by atoms with E-state index in [-0.39, 0.29) is 5.91 Å². The van der Waals surface area contributed by atoms with Crippen LogP contribution in [0.1, 0.15) is 16.6 Å². The van der Waals surface area contributed by atoms with Crippen LogP contribution < -0.4 is 5.32 Å². The van der Waals surface area contributed by atoms with E-state index >= 15 is 0 Å². The van der Waals surface area contributed by atoms with Crippen LogP contribution >= 0.6 is 22.9 Å². The molecular weight excluding hydrogens is 232 g/mol. The summed E-state index contributed by atoms with van der Waals surface area (Å²) < 4.78 is 0.668. The van der Waals surface area contributed by atoms with Crippen LogP contribution in [0.4, 0.5) is 0 Å². The average Bonchev–Trinajstić information content (AvgIpc) is 2.64. The first-order valence-corrected chi connectivity index (χ1v) is 6.14. The van der Waals surface area contributed by atoms with Gasteiger partial charge in [-0.1, -0.05) is 11.6 Å². The van der Waals surface area contributed by atoms with Gasteiger partial charge in [-0.15, -0.1) is 11.3 Å². The van der Waals surface area contributed by atoms with Crippen molar-refractivity contribution in [2.75, 3.05) is 19.6 Å². The lowest BCUT2D eigenvalue weighted by Gasteiger charge is -2.31. The summed E-state index contributed by atoms with van der Waals surface area (Å²) in [6.45, 7) is 4.50. The van der Waals surface area contributed by atoms with E-state index in [2.05, 4.69) is 12.2 Å². The lowest BCUT2D eigenvalue weighted by atomic mass is 10.2. The lowest BCUT2D eigenvalue weighted by molar-refractivity contribution is 0.0714. The van der Waals surface area contributed by atoms with Crippen LogP contribution in [-0.2, 0) is 0 Å². The highest BCUT2D eigenvalue weighted by molar-refractivity contribution is 7.17. The summed E-state index contributed by atoms with van der Waals surface area (Å²) in [5.41, 5.74) is 0. The molecule has 5 heteroatoms. The van der Waals surface area contributed by atoms with E-state index < -0.39 is 0 Å². The van der Waals surface area contributed by atoms with Crippen LogP contribution in [0.5, 0.6) is 0 Å². The van der Waals surface area contributed by atoms with Gasteiger partial charge >= 0.3 is 0 Å². The topological polar surface area (TPSA) is 32.3 Å². The molecule has 1 aliphatic heterocycles. The molecule has 1 aliphatic rings. The number of carbonyl (C=O) groups is 1. The second kappa shape index (κ2) is 4.51. The van der Waals surface area contributed by atoms with Crippen LogP contribution in [0.3, 0.4) is 0 Å². The van der Waals surface area contributed by atoms with Crippen LogP contribution in [0.15, 0.2) is 12.1 Å². The summed E-state index contributed by atoms with van der Waals surface area (Å²) in [4.78, 5) is 14.6. The van der Waals surface area contributed by atoms with Gasteiger partial charge in [0.1, 0.15) is 0 Å². The molecule has 2 heterocycles. The Hall–Kier alpha value is -0.580. The van der Waals surface area contributed by atoms with E-state index in [9.17, 15) is 4.79 Å². The van der Waals surface area contributed by atoms with Gasteiger partial charge in [-0.25, -0.2) is 0 Å². The number of piperazine rings is 1.